The van der Waals surface area contributed by atoms with Gasteiger partial charge in [-0.15, -0.1) is 24.0 Å². The van der Waals surface area contributed by atoms with E-state index in [9.17, 15) is 0 Å². The second-order valence-electron chi connectivity index (χ2n) is 8.85. The molecule has 0 bridgehead atoms. The maximum Gasteiger partial charge on any atom is 0.194 e. The molecule has 1 aromatic carbocycles. The summed E-state index contributed by atoms with van der Waals surface area (Å²) in [5, 5.41) is 3.47. The Bertz CT molecular complexity index is 648. The van der Waals surface area contributed by atoms with Crippen LogP contribution in [-0.4, -0.2) is 75.4 Å². The van der Waals surface area contributed by atoms with Crippen LogP contribution in [0.4, 0.5) is 0 Å². The summed E-state index contributed by atoms with van der Waals surface area (Å²) in [7, 11) is 1.71. The molecule has 2 heterocycles. The Morgan fingerprint density at radius 1 is 1.03 bits per heavy atom. The summed E-state index contributed by atoms with van der Waals surface area (Å²) < 4.78 is 10.8. The quantitative estimate of drug-likeness (QED) is 0.203. The molecule has 1 N–H and O–H groups in total. The second kappa shape index (κ2) is 15.9. The summed E-state index contributed by atoms with van der Waals surface area (Å²) in [4.78, 5) is 9.91. The van der Waals surface area contributed by atoms with Crippen molar-refractivity contribution >= 4 is 29.9 Å². The van der Waals surface area contributed by atoms with E-state index in [1.807, 2.05) is 0 Å². The first-order valence-corrected chi connectivity index (χ1v) is 12.2. The minimum atomic E-state index is 0. The first kappa shape index (κ1) is 27.3. The van der Waals surface area contributed by atoms with E-state index in [1.165, 1.54) is 49.9 Å². The molecule has 32 heavy (non-hydrogen) atoms. The number of ether oxygens (including phenoxy) is 2. The zero-order valence-corrected chi connectivity index (χ0v) is 22.4. The first-order valence-electron chi connectivity index (χ1n) is 12.2. The van der Waals surface area contributed by atoms with Crippen LogP contribution < -0.4 is 5.32 Å². The number of nitrogens with one attached hydrogen (secondary N) is 1. The Balaban J connectivity index is 0.00000363. The first-order chi connectivity index (χ1) is 15.3. The summed E-state index contributed by atoms with van der Waals surface area (Å²) in [5.41, 5.74) is 2.69. The normalized spacial score (nSPS) is 20.1. The number of halogens is 1. The third-order valence-corrected chi connectivity index (χ3v) is 6.24. The van der Waals surface area contributed by atoms with Gasteiger partial charge >= 0.3 is 0 Å². The molecule has 0 amide bonds. The molecule has 2 fully saturated rings. The number of aliphatic imine (C=N–C) groups is 1. The lowest BCUT2D eigenvalue weighted by molar-refractivity contribution is 0.0536. The second-order valence-corrected chi connectivity index (χ2v) is 8.85. The van der Waals surface area contributed by atoms with Gasteiger partial charge in [0.1, 0.15) is 0 Å². The molecule has 1 aromatic rings. The van der Waals surface area contributed by atoms with E-state index in [0.29, 0.717) is 19.1 Å². The molecule has 0 radical (unpaired) electrons. The van der Waals surface area contributed by atoms with Crippen LogP contribution in [0.2, 0.25) is 0 Å². The van der Waals surface area contributed by atoms with Crippen LogP contribution in [0.25, 0.3) is 0 Å². The van der Waals surface area contributed by atoms with Gasteiger partial charge in [0.25, 0.3) is 0 Å². The highest BCUT2D eigenvalue weighted by atomic mass is 127. The van der Waals surface area contributed by atoms with Crippen LogP contribution in [0.3, 0.4) is 0 Å². The lowest BCUT2D eigenvalue weighted by Gasteiger charge is -2.22. The van der Waals surface area contributed by atoms with Crippen molar-refractivity contribution in [3.05, 3.63) is 35.4 Å². The molecule has 6 nitrogen and oxygen atoms in total. The fourth-order valence-corrected chi connectivity index (χ4v) is 4.45. The zero-order valence-electron chi connectivity index (χ0n) is 20.1. The van der Waals surface area contributed by atoms with Crippen molar-refractivity contribution < 1.29 is 9.47 Å². The van der Waals surface area contributed by atoms with Crippen molar-refractivity contribution in [3.8, 4) is 0 Å². The molecule has 0 aromatic heterocycles. The maximum absolute atomic E-state index is 5.73. The molecule has 182 valence electrons. The third kappa shape index (κ3) is 9.53. The highest BCUT2D eigenvalue weighted by molar-refractivity contribution is 14.0. The van der Waals surface area contributed by atoms with Gasteiger partial charge < -0.3 is 19.7 Å². The monoisotopic (exact) mass is 558 g/mol. The van der Waals surface area contributed by atoms with Gasteiger partial charge in [0.05, 0.1) is 26.4 Å². The predicted octanol–water partition coefficient (Wildman–Crippen LogP) is 4.13. The number of hydrogen-bond donors (Lipinski definition) is 1. The van der Waals surface area contributed by atoms with E-state index < -0.39 is 0 Å². The summed E-state index contributed by atoms with van der Waals surface area (Å²) in [6, 6.07) is 9.06. The van der Waals surface area contributed by atoms with Crippen LogP contribution in [0.5, 0.6) is 0 Å². The number of benzene rings is 1. The molecule has 2 aliphatic heterocycles. The average molecular weight is 559 g/mol. The minimum absolute atomic E-state index is 0. The van der Waals surface area contributed by atoms with E-state index in [2.05, 4.69) is 46.3 Å². The summed E-state index contributed by atoms with van der Waals surface area (Å²) >= 11 is 0. The van der Waals surface area contributed by atoms with Crippen molar-refractivity contribution in [2.24, 2.45) is 10.9 Å². The van der Waals surface area contributed by atoms with Crippen molar-refractivity contribution in [1.82, 2.24) is 15.1 Å². The van der Waals surface area contributed by atoms with Crippen molar-refractivity contribution in [2.75, 3.05) is 59.7 Å². The van der Waals surface area contributed by atoms with Crippen LogP contribution in [-0.2, 0) is 22.6 Å². The maximum atomic E-state index is 5.73. The van der Waals surface area contributed by atoms with Gasteiger partial charge in [-0.2, -0.15) is 0 Å². The summed E-state index contributed by atoms with van der Waals surface area (Å²) in [5.74, 6) is 1.59. The van der Waals surface area contributed by atoms with Crippen LogP contribution >= 0.6 is 24.0 Å². The van der Waals surface area contributed by atoms with Crippen LogP contribution in [0.15, 0.2) is 29.3 Å². The van der Waals surface area contributed by atoms with Gasteiger partial charge in [-0.25, -0.2) is 4.99 Å². The molecule has 1 unspecified atom stereocenters. The lowest BCUT2D eigenvalue weighted by atomic mass is 10.1. The molecule has 0 spiro atoms. The Hall–Kier alpha value is -0.900. The number of nitrogens with zero attached hydrogens (tertiary/aromatic N) is 3. The molecule has 0 aliphatic carbocycles. The molecular formula is C25H43IN4O2. The van der Waals surface area contributed by atoms with Crippen molar-refractivity contribution in [3.63, 3.8) is 0 Å². The fourth-order valence-electron chi connectivity index (χ4n) is 4.45. The number of hydrogen-bond acceptors (Lipinski definition) is 4. The molecular weight excluding hydrogens is 515 g/mol. The van der Waals surface area contributed by atoms with Gasteiger partial charge in [-0.1, -0.05) is 37.1 Å². The van der Waals surface area contributed by atoms with E-state index in [0.717, 1.165) is 51.7 Å². The van der Waals surface area contributed by atoms with Crippen LogP contribution in [0, 0.1) is 5.92 Å². The Kier molecular flexibility index (Phi) is 13.5. The smallest absolute Gasteiger partial charge is 0.194 e. The van der Waals surface area contributed by atoms with E-state index in [1.54, 1.807) is 7.11 Å². The van der Waals surface area contributed by atoms with Crippen molar-refractivity contribution in [2.45, 2.75) is 52.1 Å². The lowest BCUT2D eigenvalue weighted by Crippen LogP contribution is -2.40. The molecule has 0 saturated carbocycles. The SMILES string of the molecule is CCNC(=NCc1ccc(CN2CCCCCC2)cc1)N1CCC(COCCOC)C1.I. The van der Waals surface area contributed by atoms with Gasteiger partial charge in [0, 0.05) is 39.2 Å². The number of methoxy groups -OCH3 is 1. The standard InChI is InChI=1S/C25H42N4O2.HI/c1-3-26-25(29-15-12-24(20-29)21-31-17-16-30-2)27-18-22-8-10-23(11-9-22)19-28-13-6-4-5-7-14-28;/h8-11,24H,3-7,12-21H2,1-2H3,(H,26,27);1H. The summed E-state index contributed by atoms with van der Waals surface area (Å²) in [6.45, 7) is 11.5. The van der Waals surface area contributed by atoms with E-state index in [4.69, 9.17) is 14.5 Å². The predicted molar refractivity (Wildman–Crippen MR) is 143 cm³/mol. The third-order valence-electron chi connectivity index (χ3n) is 6.24. The number of rotatable bonds is 10. The molecule has 7 heteroatoms. The van der Waals surface area contributed by atoms with Gasteiger partial charge in [0.2, 0.25) is 0 Å². The number of likely N-dealkylation sites (tertiary alicyclic amines) is 2. The van der Waals surface area contributed by atoms with Gasteiger partial charge in [0.15, 0.2) is 5.96 Å². The highest BCUT2D eigenvalue weighted by Crippen LogP contribution is 2.18. The average Bonchev–Trinajstić information content (AvgIpc) is 3.11. The zero-order chi connectivity index (χ0) is 21.7. The molecule has 1 atom stereocenters. The number of guanidine groups is 1. The Morgan fingerprint density at radius 3 is 2.44 bits per heavy atom. The fraction of sp³-hybridized carbons (Fsp3) is 0.720. The van der Waals surface area contributed by atoms with Crippen LogP contribution in [0.1, 0.15) is 50.2 Å². The van der Waals surface area contributed by atoms with Gasteiger partial charge in [-0.3, -0.25) is 4.90 Å². The minimum Gasteiger partial charge on any atom is -0.382 e. The summed E-state index contributed by atoms with van der Waals surface area (Å²) in [6.07, 6.45) is 6.62. The largest absolute Gasteiger partial charge is 0.382 e. The molecule has 2 aliphatic rings. The Labute approximate surface area is 212 Å². The van der Waals surface area contributed by atoms with Crippen molar-refractivity contribution in [1.29, 1.82) is 0 Å². The molecule has 2 saturated heterocycles. The molecule has 3 rings (SSSR count). The topological polar surface area (TPSA) is 49.3 Å². The van der Waals surface area contributed by atoms with Gasteiger partial charge in [-0.05, 0) is 50.4 Å². The Morgan fingerprint density at radius 2 is 1.75 bits per heavy atom. The van der Waals surface area contributed by atoms with E-state index >= 15 is 0 Å². The highest BCUT2D eigenvalue weighted by Gasteiger charge is 2.25. The van der Waals surface area contributed by atoms with E-state index in [-0.39, 0.29) is 24.0 Å².